The number of hydrogen-bond acceptors (Lipinski definition) is 5. The summed E-state index contributed by atoms with van der Waals surface area (Å²) in [6.07, 6.45) is 1.34. The molecule has 0 spiro atoms. The Hall–Kier alpha value is -3.48. The molecule has 0 N–H and O–H groups in total. The molecule has 0 amide bonds. The van der Waals surface area contributed by atoms with Gasteiger partial charge in [-0.2, -0.15) is 9.50 Å². The second-order valence-corrected chi connectivity index (χ2v) is 9.23. The van der Waals surface area contributed by atoms with Gasteiger partial charge in [0.05, 0.1) is 0 Å². The molecule has 1 aliphatic rings. The number of aromatic nitrogens is 4. The van der Waals surface area contributed by atoms with E-state index in [1.165, 1.54) is 28.9 Å². The summed E-state index contributed by atoms with van der Waals surface area (Å²) in [4.78, 5) is 14.4. The van der Waals surface area contributed by atoms with Gasteiger partial charge in [0.15, 0.2) is 5.82 Å². The maximum absolute atomic E-state index is 13.7. The Bertz CT molecular complexity index is 1330. The lowest BCUT2D eigenvalue weighted by molar-refractivity contribution is 0.541. The number of halogens is 1. The van der Waals surface area contributed by atoms with Gasteiger partial charge in [0, 0.05) is 49.0 Å². The summed E-state index contributed by atoms with van der Waals surface area (Å²) in [6, 6.07) is 15.7. The molecular weight excluding hydrogens is 427 g/mol. The van der Waals surface area contributed by atoms with Crippen molar-refractivity contribution in [1.82, 2.24) is 19.6 Å². The van der Waals surface area contributed by atoms with E-state index in [2.05, 4.69) is 61.8 Å². The number of nitrogens with zero attached hydrogens (tertiary/aromatic N) is 6. The second-order valence-electron chi connectivity index (χ2n) is 9.23. The van der Waals surface area contributed by atoms with Gasteiger partial charge in [0.2, 0.25) is 0 Å². The van der Waals surface area contributed by atoms with Crippen LogP contribution in [-0.4, -0.2) is 45.3 Å². The lowest BCUT2D eigenvalue weighted by Gasteiger charge is -2.42. The quantitative estimate of drug-likeness (QED) is 0.432. The Morgan fingerprint density at radius 3 is 2.59 bits per heavy atom. The van der Waals surface area contributed by atoms with Gasteiger partial charge >= 0.3 is 0 Å². The number of piperazine rings is 1. The van der Waals surface area contributed by atoms with Crippen molar-refractivity contribution >= 4 is 17.3 Å². The van der Waals surface area contributed by atoms with E-state index in [0.717, 1.165) is 43.1 Å². The maximum Gasteiger partial charge on any atom is 0.254 e. The minimum atomic E-state index is -0.246. The highest BCUT2D eigenvalue weighted by Crippen LogP contribution is 2.29. The van der Waals surface area contributed by atoms with Crippen LogP contribution in [0.15, 0.2) is 48.5 Å². The van der Waals surface area contributed by atoms with Crippen molar-refractivity contribution in [3.8, 4) is 0 Å². The first-order valence-corrected chi connectivity index (χ1v) is 12.0. The minimum absolute atomic E-state index is 0.246. The van der Waals surface area contributed by atoms with Gasteiger partial charge in [-0.05, 0) is 62.6 Å². The molecule has 0 aliphatic carbocycles. The van der Waals surface area contributed by atoms with E-state index in [1.54, 1.807) is 6.07 Å². The van der Waals surface area contributed by atoms with Crippen molar-refractivity contribution in [2.45, 2.75) is 46.6 Å². The largest absolute Gasteiger partial charge is 0.365 e. The zero-order chi connectivity index (χ0) is 23.8. The normalized spacial score (nSPS) is 16.4. The molecule has 1 saturated heterocycles. The summed E-state index contributed by atoms with van der Waals surface area (Å²) in [5, 5.41) is 4.84. The molecule has 4 aromatic rings. The van der Waals surface area contributed by atoms with E-state index in [0.29, 0.717) is 24.1 Å². The predicted molar refractivity (Wildman–Crippen MR) is 134 cm³/mol. The van der Waals surface area contributed by atoms with Crippen LogP contribution >= 0.6 is 0 Å². The third kappa shape index (κ3) is 4.22. The molecule has 2 aromatic heterocycles. The molecule has 34 heavy (non-hydrogen) atoms. The smallest absolute Gasteiger partial charge is 0.254 e. The molecule has 1 aliphatic heterocycles. The molecule has 6 nitrogen and oxygen atoms in total. The van der Waals surface area contributed by atoms with Crippen LogP contribution in [0.2, 0.25) is 0 Å². The Morgan fingerprint density at radius 1 is 1.03 bits per heavy atom. The number of benzene rings is 2. The van der Waals surface area contributed by atoms with Crippen LogP contribution in [0, 0.1) is 19.7 Å². The van der Waals surface area contributed by atoms with Crippen molar-refractivity contribution in [3.05, 3.63) is 82.6 Å². The molecule has 1 fully saturated rings. The van der Waals surface area contributed by atoms with Gasteiger partial charge in [0.25, 0.3) is 5.78 Å². The van der Waals surface area contributed by atoms with Gasteiger partial charge in [-0.1, -0.05) is 31.2 Å². The third-order valence-corrected chi connectivity index (χ3v) is 6.67. The molecule has 7 heteroatoms. The zero-order valence-corrected chi connectivity index (χ0v) is 20.3. The SMILES string of the molecule is CCc1c(C)nc2nc(Cc3cccc(F)c3)nn2c1N1CCN(c2cccc(C)c2)[C@H](C)C1. The summed E-state index contributed by atoms with van der Waals surface area (Å²) in [5.41, 5.74) is 5.59. The molecule has 176 valence electrons. The van der Waals surface area contributed by atoms with E-state index in [-0.39, 0.29) is 5.82 Å². The van der Waals surface area contributed by atoms with Gasteiger partial charge in [-0.3, -0.25) is 0 Å². The topological polar surface area (TPSA) is 49.6 Å². The number of fused-ring (bicyclic) bond motifs is 1. The summed E-state index contributed by atoms with van der Waals surface area (Å²) in [6.45, 7) is 11.3. The number of hydrogen-bond donors (Lipinski definition) is 0. The number of aryl methyl sites for hydroxylation is 2. The highest BCUT2D eigenvalue weighted by Gasteiger charge is 2.28. The first kappa shape index (κ1) is 22.3. The van der Waals surface area contributed by atoms with Crippen molar-refractivity contribution < 1.29 is 4.39 Å². The standard InChI is InChI=1S/C27H31FN6/c1-5-24-20(4)29-27-30-25(16-21-9-7-10-22(28)15-21)31-34(27)26(24)32-12-13-33(19(3)17-32)23-11-6-8-18(2)14-23/h6-11,14-15,19H,5,12-13,16-17H2,1-4H3/t19-/m1/s1. The summed E-state index contributed by atoms with van der Waals surface area (Å²) >= 11 is 0. The van der Waals surface area contributed by atoms with Crippen LogP contribution in [0.5, 0.6) is 0 Å². The Kier molecular flexibility index (Phi) is 5.94. The van der Waals surface area contributed by atoms with E-state index >= 15 is 0 Å². The number of anilines is 2. The fraction of sp³-hybridized carbons (Fsp3) is 0.370. The lowest BCUT2D eigenvalue weighted by Crippen LogP contribution is -2.53. The average Bonchev–Trinajstić information content (AvgIpc) is 3.19. The summed E-state index contributed by atoms with van der Waals surface area (Å²) < 4.78 is 15.6. The molecule has 0 radical (unpaired) electrons. The minimum Gasteiger partial charge on any atom is -0.365 e. The van der Waals surface area contributed by atoms with Crippen LogP contribution < -0.4 is 9.80 Å². The first-order chi connectivity index (χ1) is 16.4. The Labute approximate surface area is 200 Å². The van der Waals surface area contributed by atoms with Gasteiger partial charge < -0.3 is 9.80 Å². The van der Waals surface area contributed by atoms with Gasteiger partial charge in [0.1, 0.15) is 11.6 Å². The average molecular weight is 459 g/mol. The maximum atomic E-state index is 13.7. The van der Waals surface area contributed by atoms with E-state index in [1.807, 2.05) is 10.6 Å². The van der Waals surface area contributed by atoms with Crippen LogP contribution in [-0.2, 0) is 12.8 Å². The zero-order valence-electron chi connectivity index (χ0n) is 20.3. The van der Waals surface area contributed by atoms with Crippen molar-refractivity contribution in [1.29, 1.82) is 0 Å². The Morgan fingerprint density at radius 2 is 1.85 bits per heavy atom. The molecule has 0 unspecified atom stereocenters. The van der Waals surface area contributed by atoms with Crippen molar-refractivity contribution in [2.24, 2.45) is 0 Å². The van der Waals surface area contributed by atoms with Crippen LogP contribution in [0.4, 0.5) is 15.9 Å². The molecule has 0 bridgehead atoms. The lowest BCUT2D eigenvalue weighted by atomic mass is 10.1. The molecule has 0 saturated carbocycles. The van der Waals surface area contributed by atoms with E-state index in [9.17, 15) is 4.39 Å². The monoisotopic (exact) mass is 458 g/mol. The van der Waals surface area contributed by atoms with Gasteiger partial charge in [-0.15, -0.1) is 5.10 Å². The predicted octanol–water partition coefficient (Wildman–Crippen LogP) is 4.75. The van der Waals surface area contributed by atoms with Crippen molar-refractivity contribution in [2.75, 3.05) is 29.4 Å². The number of rotatable bonds is 5. The van der Waals surface area contributed by atoms with Gasteiger partial charge in [-0.25, -0.2) is 9.37 Å². The molecular formula is C27H31FN6. The van der Waals surface area contributed by atoms with E-state index in [4.69, 9.17) is 15.1 Å². The fourth-order valence-corrected chi connectivity index (χ4v) is 5.05. The third-order valence-electron chi connectivity index (χ3n) is 6.67. The Balaban J connectivity index is 1.49. The first-order valence-electron chi connectivity index (χ1n) is 12.0. The fourth-order valence-electron chi connectivity index (χ4n) is 5.05. The molecule has 3 heterocycles. The van der Waals surface area contributed by atoms with Crippen LogP contribution in [0.25, 0.3) is 5.78 Å². The summed E-state index contributed by atoms with van der Waals surface area (Å²) in [5.74, 6) is 2.09. The van der Waals surface area contributed by atoms with Crippen molar-refractivity contribution in [3.63, 3.8) is 0 Å². The highest BCUT2D eigenvalue weighted by atomic mass is 19.1. The van der Waals surface area contributed by atoms with Crippen LogP contribution in [0.3, 0.4) is 0 Å². The highest BCUT2D eigenvalue weighted by molar-refractivity contribution is 5.58. The summed E-state index contributed by atoms with van der Waals surface area (Å²) in [7, 11) is 0. The molecule has 5 rings (SSSR count). The molecule has 1 atom stereocenters. The van der Waals surface area contributed by atoms with Crippen LogP contribution in [0.1, 0.15) is 42.1 Å². The molecule has 2 aromatic carbocycles. The van der Waals surface area contributed by atoms with E-state index < -0.39 is 0 Å². The second kappa shape index (κ2) is 9.05.